The minimum atomic E-state index is -3.61. The molecule has 0 radical (unpaired) electrons. The lowest BCUT2D eigenvalue weighted by Gasteiger charge is -2.31. The Morgan fingerprint density at radius 2 is 1.86 bits per heavy atom. The number of nitrogens with zero attached hydrogens (tertiary/aromatic N) is 2. The Morgan fingerprint density at radius 1 is 1.17 bits per heavy atom. The first-order valence-corrected chi connectivity index (χ1v) is 12.0. The Kier molecular flexibility index (Phi) is 7.54. The summed E-state index contributed by atoms with van der Waals surface area (Å²) < 4.78 is 32.4. The maximum Gasteiger partial charge on any atom is 0.243 e. The molecule has 1 N–H and O–H groups in total. The predicted octanol–water partition coefficient (Wildman–Crippen LogP) is 2.09. The van der Waals surface area contributed by atoms with Crippen molar-refractivity contribution in [3.05, 3.63) is 24.3 Å². The number of methoxy groups -OCH3 is 1. The van der Waals surface area contributed by atoms with Gasteiger partial charge in [-0.3, -0.25) is 4.79 Å². The Hall–Kier alpha value is -1.64. The molecule has 0 bridgehead atoms. The van der Waals surface area contributed by atoms with Crippen molar-refractivity contribution >= 4 is 15.9 Å². The van der Waals surface area contributed by atoms with E-state index in [0.29, 0.717) is 31.3 Å². The fraction of sp³-hybridized carbons (Fsp3) is 0.667. The molecule has 2 atom stereocenters. The lowest BCUT2D eigenvalue weighted by atomic mass is 9.99. The summed E-state index contributed by atoms with van der Waals surface area (Å²) in [6.45, 7) is 5.83. The van der Waals surface area contributed by atoms with Crippen LogP contribution in [0.1, 0.15) is 39.0 Å². The predicted molar refractivity (Wildman–Crippen MR) is 112 cm³/mol. The van der Waals surface area contributed by atoms with Gasteiger partial charge in [-0.25, -0.2) is 8.42 Å². The maximum atomic E-state index is 13.0. The van der Waals surface area contributed by atoms with Crippen LogP contribution in [0.4, 0.5) is 0 Å². The molecule has 2 saturated heterocycles. The second kappa shape index (κ2) is 9.91. The van der Waals surface area contributed by atoms with E-state index in [1.807, 2.05) is 0 Å². The van der Waals surface area contributed by atoms with Crippen molar-refractivity contribution in [3.8, 4) is 5.75 Å². The molecule has 1 aromatic rings. The fourth-order valence-corrected chi connectivity index (χ4v) is 5.71. The highest BCUT2D eigenvalue weighted by atomic mass is 32.2. The molecule has 3 rings (SSSR count). The SMILES string of the molecule is COc1ccc(S(=O)(=O)N2CCC[C@@H](C(=O)NCC[C@@H](C)N3CCCC3)C2)cc1. The summed E-state index contributed by atoms with van der Waals surface area (Å²) in [7, 11) is -2.06. The van der Waals surface area contributed by atoms with E-state index < -0.39 is 10.0 Å². The molecule has 2 aliphatic rings. The van der Waals surface area contributed by atoms with Crippen LogP contribution in [0.2, 0.25) is 0 Å². The van der Waals surface area contributed by atoms with Gasteiger partial charge in [0.1, 0.15) is 5.75 Å². The lowest BCUT2D eigenvalue weighted by molar-refractivity contribution is -0.126. The van der Waals surface area contributed by atoms with E-state index in [2.05, 4.69) is 17.1 Å². The molecule has 1 aromatic carbocycles. The average molecular weight is 424 g/mol. The van der Waals surface area contributed by atoms with Gasteiger partial charge in [0, 0.05) is 25.7 Å². The third-order valence-electron chi connectivity index (χ3n) is 6.08. The van der Waals surface area contributed by atoms with Crippen LogP contribution in [0.3, 0.4) is 0 Å². The average Bonchev–Trinajstić information content (AvgIpc) is 3.29. The van der Waals surface area contributed by atoms with E-state index >= 15 is 0 Å². The van der Waals surface area contributed by atoms with Crippen molar-refractivity contribution < 1.29 is 17.9 Å². The van der Waals surface area contributed by atoms with Crippen LogP contribution in [0.25, 0.3) is 0 Å². The van der Waals surface area contributed by atoms with Crippen LogP contribution >= 0.6 is 0 Å². The number of amides is 1. The molecule has 7 nitrogen and oxygen atoms in total. The number of rotatable bonds is 8. The number of nitrogens with one attached hydrogen (secondary N) is 1. The molecule has 2 fully saturated rings. The number of sulfonamides is 1. The quantitative estimate of drug-likeness (QED) is 0.693. The second-order valence-electron chi connectivity index (χ2n) is 8.05. The standard InChI is InChI=1S/C21H33N3O4S/c1-17(23-13-3-4-14-23)11-12-22-21(25)18-6-5-15-24(16-18)29(26,27)20-9-7-19(28-2)8-10-20/h7-10,17-18H,3-6,11-16H2,1-2H3,(H,22,25)/t17-,18-/m1/s1. The third-order valence-corrected chi connectivity index (χ3v) is 7.96. The summed E-state index contributed by atoms with van der Waals surface area (Å²) in [5.74, 6) is 0.287. The minimum absolute atomic E-state index is 0.0340. The van der Waals surface area contributed by atoms with E-state index in [4.69, 9.17) is 4.74 Å². The zero-order valence-electron chi connectivity index (χ0n) is 17.5. The van der Waals surface area contributed by atoms with Crippen molar-refractivity contribution in [2.24, 2.45) is 5.92 Å². The maximum absolute atomic E-state index is 13.0. The monoisotopic (exact) mass is 423 g/mol. The van der Waals surface area contributed by atoms with Gasteiger partial charge in [0.25, 0.3) is 0 Å². The molecule has 8 heteroatoms. The summed E-state index contributed by atoms with van der Waals surface area (Å²) >= 11 is 0. The van der Waals surface area contributed by atoms with Crippen LogP contribution in [0, 0.1) is 5.92 Å². The van der Waals surface area contributed by atoms with Crippen molar-refractivity contribution in [2.75, 3.05) is 39.8 Å². The van der Waals surface area contributed by atoms with Crippen molar-refractivity contribution in [3.63, 3.8) is 0 Å². The van der Waals surface area contributed by atoms with Gasteiger partial charge in [-0.05, 0) is 76.4 Å². The highest BCUT2D eigenvalue weighted by Gasteiger charge is 2.33. The first-order chi connectivity index (χ1) is 13.9. The molecule has 0 aromatic heterocycles. The normalized spacial score (nSPS) is 22.3. The van der Waals surface area contributed by atoms with E-state index in [0.717, 1.165) is 25.9 Å². The molecule has 162 valence electrons. The molecule has 0 unspecified atom stereocenters. The highest BCUT2D eigenvalue weighted by molar-refractivity contribution is 7.89. The summed E-state index contributed by atoms with van der Waals surface area (Å²) in [5, 5.41) is 3.03. The van der Waals surface area contributed by atoms with Gasteiger partial charge in [0.2, 0.25) is 15.9 Å². The first kappa shape index (κ1) is 22.1. The number of carbonyl (C=O) groups is 1. The van der Waals surface area contributed by atoms with E-state index in [1.54, 1.807) is 31.4 Å². The van der Waals surface area contributed by atoms with Crippen molar-refractivity contribution in [2.45, 2.75) is 50.0 Å². The Balaban J connectivity index is 1.52. The molecule has 0 saturated carbocycles. The zero-order valence-corrected chi connectivity index (χ0v) is 18.3. The molecule has 1 amide bonds. The van der Waals surface area contributed by atoms with Crippen molar-refractivity contribution in [1.29, 1.82) is 0 Å². The van der Waals surface area contributed by atoms with Gasteiger partial charge in [-0.15, -0.1) is 0 Å². The summed E-state index contributed by atoms with van der Waals surface area (Å²) in [4.78, 5) is 15.3. The van der Waals surface area contributed by atoms with Gasteiger partial charge in [-0.2, -0.15) is 4.31 Å². The zero-order chi connectivity index (χ0) is 20.9. The number of hydrogen-bond acceptors (Lipinski definition) is 5. The Labute approximate surface area is 174 Å². The fourth-order valence-electron chi connectivity index (χ4n) is 4.19. The highest BCUT2D eigenvalue weighted by Crippen LogP contribution is 2.25. The van der Waals surface area contributed by atoms with Crippen molar-refractivity contribution in [1.82, 2.24) is 14.5 Å². The Morgan fingerprint density at radius 3 is 2.52 bits per heavy atom. The number of benzene rings is 1. The van der Waals surface area contributed by atoms with E-state index in [9.17, 15) is 13.2 Å². The molecular weight excluding hydrogens is 390 g/mol. The Bertz CT molecular complexity index is 776. The smallest absolute Gasteiger partial charge is 0.243 e. The summed E-state index contributed by atoms with van der Waals surface area (Å²) in [6.07, 6.45) is 4.86. The first-order valence-electron chi connectivity index (χ1n) is 10.6. The van der Waals surface area contributed by atoms with Gasteiger partial charge in [0.05, 0.1) is 17.9 Å². The molecule has 2 heterocycles. The van der Waals surface area contributed by atoms with Crippen LogP contribution in [-0.2, 0) is 14.8 Å². The number of ether oxygens (including phenoxy) is 1. The van der Waals surface area contributed by atoms with E-state index in [1.165, 1.54) is 17.1 Å². The number of carbonyl (C=O) groups excluding carboxylic acids is 1. The molecule has 0 aliphatic carbocycles. The van der Waals surface area contributed by atoms with Crippen LogP contribution in [0.15, 0.2) is 29.2 Å². The van der Waals surface area contributed by atoms with Crippen LogP contribution < -0.4 is 10.1 Å². The molecular formula is C21H33N3O4S. The summed E-state index contributed by atoms with van der Waals surface area (Å²) in [5.41, 5.74) is 0. The topological polar surface area (TPSA) is 79.0 Å². The molecule has 2 aliphatic heterocycles. The largest absolute Gasteiger partial charge is 0.497 e. The third kappa shape index (κ3) is 5.49. The van der Waals surface area contributed by atoms with Gasteiger partial charge < -0.3 is 15.0 Å². The van der Waals surface area contributed by atoms with Crippen LogP contribution in [0.5, 0.6) is 5.75 Å². The van der Waals surface area contributed by atoms with E-state index in [-0.39, 0.29) is 23.3 Å². The molecule has 29 heavy (non-hydrogen) atoms. The lowest BCUT2D eigenvalue weighted by Crippen LogP contribution is -2.46. The van der Waals surface area contributed by atoms with Crippen LogP contribution in [-0.4, -0.2) is 69.4 Å². The number of likely N-dealkylation sites (tertiary alicyclic amines) is 1. The van der Waals surface area contributed by atoms with Gasteiger partial charge in [0.15, 0.2) is 0 Å². The summed E-state index contributed by atoms with van der Waals surface area (Å²) in [6, 6.07) is 6.86. The van der Waals surface area contributed by atoms with Gasteiger partial charge >= 0.3 is 0 Å². The second-order valence-corrected chi connectivity index (χ2v) is 9.99. The van der Waals surface area contributed by atoms with Gasteiger partial charge in [-0.1, -0.05) is 0 Å². The molecule has 0 spiro atoms. The minimum Gasteiger partial charge on any atom is -0.497 e. The number of piperidine rings is 1. The number of hydrogen-bond donors (Lipinski definition) is 1.